The number of ketones is 1. The van der Waals surface area contributed by atoms with Crippen molar-refractivity contribution in [3.63, 3.8) is 0 Å². The molecule has 0 spiro atoms. The van der Waals surface area contributed by atoms with Crippen molar-refractivity contribution in [1.82, 2.24) is 9.97 Å². The van der Waals surface area contributed by atoms with E-state index in [0.717, 1.165) is 126 Å². The molecule has 2 heterocycles. The number of carbonyl (C=O) groups is 5. The number of esters is 2. The molecule has 4 aromatic rings. The Balaban J connectivity index is 0.660. The summed E-state index contributed by atoms with van der Waals surface area (Å²) in [5, 5.41) is 22.1. The first-order valence-electron chi connectivity index (χ1n) is 39.5. The molecule has 1 unspecified atom stereocenters. The number of carboxylic acid groups (broad SMARTS) is 2. The molecule has 13 nitrogen and oxygen atoms in total. The van der Waals surface area contributed by atoms with Crippen molar-refractivity contribution in [2.45, 2.75) is 282 Å². The molecule has 558 valence electrons. The van der Waals surface area contributed by atoms with Crippen molar-refractivity contribution in [2.24, 2.45) is 101 Å². The fraction of sp³-hybridized carbons (Fsp3) is 0.693. The van der Waals surface area contributed by atoms with Gasteiger partial charge in [0.05, 0.1) is 46.9 Å². The number of ether oxygens (including phenoxy) is 2. The van der Waals surface area contributed by atoms with E-state index in [1.807, 2.05) is 42.6 Å². The normalized spacial score (nSPS) is 37.7. The van der Waals surface area contributed by atoms with Crippen LogP contribution in [0.15, 0.2) is 86.0 Å². The minimum atomic E-state index is -1.56. The molecule has 2 N–H and O–H groups in total. The average Bonchev–Trinajstić information content (AvgIpc) is 1.59. The Bertz CT molecular complexity index is 4170. The van der Waals surface area contributed by atoms with E-state index >= 15 is 0 Å². The molecule has 0 radical (unpaired) electrons. The summed E-state index contributed by atoms with van der Waals surface area (Å²) in [7, 11) is 0. The third-order valence-corrected chi connectivity index (χ3v) is 33.2. The molecule has 8 saturated carbocycles. The highest BCUT2D eigenvalue weighted by Gasteiger charge is 2.73. The lowest BCUT2D eigenvalue weighted by Crippen LogP contribution is -2.66. The van der Waals surface area contributed by atoms with Crippen LogP contribution in [0.4, 0.5) is 0 Å². The summed E-state index contributed by atoms with van der Waals surface area (Å²) in [6, 6.07) is 13.4. The zero-order chi connectivity index (χ0) is 74.3. The highest BCUT2D eigenvalue weighted by molar-refractivity contribution is 6.31. The summed E-state index contributed by atoms with van der Waals surface area (Å²) in [5.74, 6) is 2.27. The zero-order valence-electron chi connectivity index (χ0n) is 64.7. The second-order valence-corrected chi connectivity index (χ2v) is 40.0. The molecule has 0 aliphatic heterocycles. The van der Waals surface area contributed by atoms with Crippen molar-refractivity contribution in [2.75, 3.05) is 0 Å². The maximum atomic E-state index is 14.8. The number of aromatic nitrogens is 2. The highest BCUT2D eigenvalue weighted by atomic mass is 35.5. The predicted molar refractivity (Wildman–Crippen MR) is 401 cm³/mol. The first-order chi connectivity index (χ1) is 48.1. The average molecular weight is 1450 g/mol. The van der Waals surface area contributed by atoms with Crippen LogP contribution in [0, 0.1) is 101 Å². The Kier molecular flexibility index (Phi) is 18.1. The van der Waals surface area contributed by atoms with E-state index in [9.17, 15) is 34.2 Å². The SMILES string of the molecule is CC(C)C1=C2[C@H]3CC[C@@H]4[C@@]5(C)CC[C@H](OC(=O)CC(C)(Cc6cc(-c7cnc([C@@]89CC[C@]%10(C)[C@H](CC[C@@H]%11[C@@]%12(C)CC[C@H](OC(=O)CC(C)(C)C(=O)O)C(C)(C)[C@@H]%12CC[C@]%11%10C)C8=C(C(C)C)C(=O)C9)o7)ccc6Cl)C(=O)O)C(C)(C)[C@@H]5CC[C@@]4(C)[C@]3(C)CC[C@@]2(c2ncc(-c3ccc(Cl)cc3)o2)CC1. The van der Waals surface area contributed by atoms with Gasteiger partial charge in [-0.3, -0.25) is 24.0 Å². The molecule has 0 saturated heterocycles. The van der Waals surface area contributed by atoms with Gasteiger partial charge in [0.2, 0.25) is 11.8 Å². The molecule has 8 fully saturated rings. The van der Waals surface area contributed by atoms with Crippen molar-refractivity contribution >= 4 is 52.9 Å². The number of Topliss-reactive ketones (excluding diaryl/α,β-unsaturated/α-hetero) is 1. The maximum Gasteiger partial charge on any atom is 0.310 e. The molecule has 10 aliphatic rings. The summed E-state index contributed by atoms with van der Waals surface area (Å²) < 4.78 is 26.8. The smallest absolute Gasteiger partial charge is 0.310 e. The maximum absolute atomic E-state index is 14.8. The summed E-state index contributed by atoms with van der Waals surface area (Å²) in [5.41, 5.74) is 3.18. The van der Waals surface area contributed by atoms with Gasteiger partial charge in [-0.1, -0.05) is 131 Å². The highest BCUT2D eigenvalue weighted by Crippen LogP contribution is 2.79. The third kappa shape index (κ3) is 11.0. The molecule has 103 heavy (non-hydrogen) atoms. The van der Waals surface area contributed by atoms with Crippen LogP contribution in [-0.4, -0.2) is 62.0 Å². The van der Waals surface area contributed by atoms with Crippen molar-refractivity contribution in [3.8, 4) is 22.6 Å². The van der Waals surface area contributed by atoms with Crippen LogP contribution in [0.25, 0.3) is 22.6 Å². The Morgan fingerprint density at radius 3 is 1.56 bits per heavy atom. The minimum absolute atomic E-state index is 0.000448. The van der Waals surface area contributed by atoms with Crippen LogP contribution in [0.1, 0.15) is 270 Å². The number of halogens is 2. The molecule has 14 rings (SSSR count). The molecule has 2 aromatic heterocycles. The quantitative estimate of drug-likeness (QED) is 0.0795. The van der Waals surface area contributed by atoms with E-state index < -0.39 is 40.1 Å². The number of benzene rings is 2. The lowest BCUT2D eigenvalue weighted by Gasteiger charge is -2.72. The summed E-state index contributed by atoms with van der Waals surface area (Å²) >= 11 is 13.4. The van der Waals surface area contributed by atoms with Crippen molar-refractivity contribution in [3.05, 3.63) is 105 Å². The molecule has 10 aliphatic carbocycles. The van der Waals surface area contributed by atoms with E-state index in [-0.39, 0.29) is 97.8 Å². The van der Waals surface area contributed by atoms with E-state index in [2.05, 4.69) is 96.9 Å². The van der Waals surface area contributed by atoms with Crippen molar-refractivity contribution < 1.29 is 52.5 Å². The van der Waals surface area contributed by atoms with E-state index in [1.165, 1.54) is 5.57 Å². The number of fused-ring (bicyclic) bond motifs is 14. The molecular formula is C88H116Cl2N2O11. The molecule has 0 amide bonds. The lowest BCUT2D eigenvalue weighted by molar-refractivity contribution is -0.232. The number of hydrogen-bond donors (Lipinski definition) is 2. The van der Waals surface area contributed by atoms with Gasteiger partial charge in [-0.25, -0.2) is 9.97 Å². The number of aliphatic carboxylic acids is 2. The van der Waals surface area contributed by atoms with Crippen molar-refractivity contribution in [1.29, 1.82) is 0 Å². The number of oxazole rings is 2. The Hall–Kier alpha value is -5.53. The van der Waals surface area contributed by atoms with Gasteiger partial charge >= 0.3 is 23.9 Å². The largest absolute Gasteiger partial charge is 0.481 e. The summed E-state index contributed by atoms with van der Waals surface area (Å²) in [4.78, 5) is 78.8. The minimum Gasteiger partial charge on any atom is -0.481 e. The van der Waals surface area contributed by atoms with Crippen LogP contribution in [0.5, 0.6) is 0 Å². The molecule has 0 bridgehead atoms. The molecular weight excluding hydrogens is 1330 g/mol. The zero-order valence-corrected chi connectivity index (χ0v) is 66.3. The number of rotatable bonds is 16. The van der Waals surface area contributed by atoms with Gasteiger partial charge in [0.15, 0.2) is 17.3 Å². The summed E-state index contributed by atoms with van der Waals surface area (Å²) in [6.45, 7) is 38.4. The van der Waals surface area contributed by atoms with E-state index in [4.69, 9.17) is 51.5 Å². The van der Waals surface area contributed by atoms with Gasteiger partial charge in [-0.2, -0.15) is 0 Å². The number of hydrogen-bond acceptors (Lipinski definition) is 11. The summed E-state index contributed by atoms with van der Waals surface area (Å²) in [6.07, 6.45) is 20.3. The first-order valence-corrected chi connectivity index (χ1v) is 40.2. The monoisotopic (exact) mass is 1450 g/mol. The third-order valence-electron chi connectivity index (χ3n) is 32.6. The number of nitrogens with zero attached hydrogens (tertiary/aromatic N) is 2. The second-order valence-electron chi connectivity index (χ2n) is 39.2. The standard InChI is InChI=1S/C88H116Cl2N2O11/c1-49(2)55-28-37-87(73-91-47-60(100-73)51-18-21-54(89)22-19-51)40-38-83(14)56(71(55)87)23-26-64-81(12)34-32-67(79(9,10)63(81)29-35-85(64,83)16)103-69(95)46-80(11,76(98)99)43-53-42-52(20-25-58(53)90)61-48-92-74(101-61)88-41-39-84(15)57(72(88)70(50(3)4)59(93)44-88)24-27-65-82(13)33-31-66(102-68(94)45-77(5,6)75(96)97)78(7,8)62(82)30-36-86(65,84)17/h18-22,25,42,47-50,56-57,62-67H,23-24,26-41,43-46H2,1-17H3,(H,96,97)(H,98,99)/t56-,57-,62+,63+,64-,65-,66+,67+,80?,81+,82+,83-,84-,85-,86-,87+,88-/m1/s1. The fourth-order valence-corrected chi connectivity index (χ4v) is 27.1. The van der Waals surface area contributed by atoms with E-state index in [1.54, 1.807) is 44.2 Å². The topological polar surface area (TPSA) is 196 Å². The Labute approximate surface area is 622 Å². The van der Waals surface area contributed by atoms with Gasteiger partial charge in [0.25, 0.3) is 0 Å². The molecule has 17 atom stereocenters. The van der Waals surface area contributed by atoms with Gasteiger partial charge in [-0.05, 0) is 282 Å². The lowest BCUT2D eigenvalue weighted by atomic mass is 9.33. The molecule has 2 aromatic carbocycles. The van der Waals surface area contributed by atoms with Crippen LogP contribution in [-0.2, 0) is 50.7 Å². The number of carboxylic acids is 2. The van der Waals surface area contributed by atoms with Crippen LogP contribution in [0.3, 0.4) is 0 Å². The van der Waals surface area contributed by atoms with Gasteiger partial charge < -0.3 is 28.5 Å². The Morgan fingerprint density at radius 2 is 1.05 bits per heavy atom. The fourth-order valence-electron chi connectivity index (χ4n) is 26.8. The number of carbonyl (C=O) groups excluding carboxylic acids is 3. The van der Waals surface area contributed by atoms with E-state index in [0.29, 0.717) is 87.6 Å². The van der Waals surface area contributed by atoms with Gasteiger partial charge in [0, 0.05) is 38.4 Å². The predicted octanol–water partition coefficient (Wildman–Crippen LogP) is 21.6. The van der Waals surface area contributed by atoms with Crippen LogP contribution < -0.4 is 0 Å². The second kappa shape index (κ2) is 25.0. The molecule has 15 heteroatoms. The number of allylic oxidation sites excluding steroid dienone is 4. The first kappa shape index (κ1) is 74.3. The van der Waals surface area contributed by atoms with Gasteiger partial charge in [0.1, 0.15) is 12.2 Å². The Morgan fingerprint density at radius 1 is 0.553 bits per heavy atom. The van der Waals surface area contributed by atoms with Crippen LogP contribution in [0.2, 0.25) is 10.0 Å². The van der Waals surface area contributed by atoms with Gasteiger partial charge in [-0.15, -0.1) is 0 Å². The van der Waals surface area contributed by atoms with Crippen LogP contribution >= 0.6 is 23.2 Å².